The molecule has 0 unspecified atom stereocenters. The van der Waals surface area contributed by atoms with E-state index in [-0.39, 0.29) is 5.82 Å². The zero-order valence-corrected chi connectivity index (χ0v) is 12.1. The molecule has 3 rings (SSSR count). The van der Waals surface area contributed by atoms with Gasteiger partial charge in [0.2, 0.25) is 0 Å². The third-order valence-corrected chi connectivity index (χ3v) is 3.63. The van der Waals surface area contributed by atoms with Gasteiger partial charge in [-0.05, 0) is 18.2 Å². The molecule has 21 heavy (non-hydrogen) atoms. The van der Waals surface area contributed by atoms with E-state index in [1.165, 1.54) is 12.3 Å². The van der Waals surface area contributed by atoms with Gasteiger partial charge in [-0.25, -0.2) is 4.39 Å². The van der Waals surface area contributed by atoms with Crippen molar-refractivity contribution >= 4 is 29.0 Å². The minimum absolute atomic E-state index is 0.226. The van der Waals surface area contributed by atoms with E-state index in [0.29, 0.717) is 32.4 Å². The van der Waals surface area contributed by atoms with E-state index < -0.39 is 5.82 Å². The van der Waals surface area contributed by atoms with Gasteiger partial charge in [0.05, 0.1) is 27.5 Å². The molecule has 1 aromatic carbocycles. The Hall–Kier alpha value is -2.11. The summed E-state index contributed by atoms with van der Waals surface area (Å²) in [7, 11) is 0. The number of rotatable bonds is 2. The van der Waals surface area contributed by atoms with Crippen LogP contribution in [0.2, 0.25) is 10.0 Å². The zero-order chi connectivity index (χ0) is 15.0. The summed E-state index contributed by atoms with van der Waals surface area (Å²) in [4.78, 5) is 3.82. The second-order valence-electron chi connectivity index (χ2n) is 4.35. The maximum atomic E-state index is 13.4. The fourth-order valence-corrected chi connectivity index (χ4v) is 2.69. The molecule has 3 aromatic rings. The van der Waals surface area contributed by atoms with Crippen LogP contribution < -0.4 is 5.73 Å². The lowest BCUT2D eigenvalue weighted by molar-refractivity contribution is 0.622. The zero-order valence-electron chi connectivity index (χ0n) is 10.6. The van der Waals surface area contributed by atoms with Gasteiger partial charge in [0.15, 0.2) is 5.82 Å². The van der Waals surface area contributed by atoms with Gasteiger partial charge in [0.25, 0.3) is 0 Å². The van der Waals surface area contributed by atoms with Gasteiger partial charge in [-0.15, -0.1) is 0 Å². The van der Waals surface area contributed by atoms with Crippen LogP contribution in [0, 0.1) is 5.82 Å². The van der Waals surface area contributed by atoms with Gasteiger partial charge < -0.3 is 5.73 Å². The van der Waals surface area contributed by atoms with Crippen LogP contribution >= 0.6 is 23.2 Å². The lowest BCUT2D eigenvalue weighted by atomic mass is 10.0. The van der Waals surface area contributed by atoms with E-state index in [4.69, 9.17) is 28.9 Å². The number of nitrogens with one attached hydrogen (secondary N) is 1. The highest BCUT2D eigenvalue weighted by Crippen LogP contribution is 2.42. The average molecular weight is 323 g/mol. The molecule has 106 valence electrons. The van der Waals surface area contributed by atoms with Crippen molar-refractivity contribution in [3.05, 3.63) is 52.5 Å². The first-order valence-electron chi connectivity index (χ1n) is 5.97. The summed E-state index contributed by atoms with van der Waals surface area (Å²) < 4.78 is 13.4. The highest BCUT2D eigenvalue weighted by molar-refractivity contribution is 6.39. The van der Waals surface area contributed by atoms with Crippen molar-refractivity contribution in [2.45, 2.75) is 0 Å². The van der Waals surface area contributed by atoms with Crippen LogP contribution in [0.1, 0.15) is 0 Å². The Labute approximate surface area is 129 Å². The minimum Gasteiger partial charge on any atom is -0.382 e. The number of aromatic amines is 1. The smallest absolute Gasteiger partial charge is 0.153 e. The van der Waals surface area contributed by atoms with Crippen molar-refractivity contribution in [3.63, 3.8) is 0 Å². The molecule has 0 spiro atoms. The summed E-state index contributed by atoms with van der Waals surface area (Å²) in [5, 5.41) is 7.60. The topological polar surface area (TPSA) is 67.6 Å². The number of hydrogen-bond donors (Lipinski definition) is 2. The Morgan fingerprint density at radius 3 is 2.48 bits per heavy atom. The first-order chi connectivity index (χ1) is 10.1. The van der Waals surface area contributed by atoms with Gasteiger partial charge in [-0.1, -0.05) is 29.3 Å². The lowest BCUT2D eigenvalue weighted by Crippen LogP contribution is -1.91. The molecule has 0 fully saturated rings. The molecule has 7 heteroatoms. The van der Waals surface area contributed by atoms with Crippen molar-refractivity contribution in [1.29, 1.82) is 0 Å². The Morgan fingerprint density at radius 2 is 1.81 bits per heavy atom. The first kappa shape index (κ1) is 13.9. The number of aromatic nitrogens is 3. The van der Waals surface area contributed by atoms with Gasteiger partial charge in [-0.2, -0.15) is 5.10 Å². The molecule has 0 aliphatic carbocycles. The number of benzene rings is 1. The summed E-state index contributed by atoms with van der Waals surface area (Å²) in [6.07, 6.45) is 2.62. The third-order valence-electron chi connectivity index (χ3n) is 3.00. The highest BCUT2D eigenvalue weighted by Gasteiger charge is 2.20. The van der Waals surface area contributed by atoms with Crippen LogP contribution in [-0.2, 0) is 0 Å². The number of nitrogens with two attached hydrogens (primary N) is 1. The molecular weight excluding hydrogens is 314 g/mol. The van der Waals surface area contributed by atoms with Crippen LogP contribution in [0.5, 0.6) is 0 Å². The van der Waals surface area contributed by atoms with Crippen molar-refractivity contribution in [2.75, 3.05) is 5.73 Å². The number of pyridine rings is 1. The molecule has 3 N–H and O–H groups in total. The Morgan fingerprint density at radius 1 is 1.10 bits per heavy atom. The summed E-state index contributed by atoms with van der Waals surface area (Å²) in [6.45, 7) is 0. The predicted octanol–water partition coefficient (Wildman–Crippen LogP) is 4.17. The van der Waals surface area contributed by atoms with Gasteiger partial charge in [0, 0.05) is 17.3 Å². The van der Waals surface area contributed by atoms with E-state index in [2.05, 4.69) is 15.2 Å². The van der Waals surface area contributed by atoms with E-state index >= 15 is 0 Å². The Balaban J connectivity index is 2.28. The molecule has 0 atom stereocenters. The fourth-order valence-electron chi connectivity index (χ4n) is 2.10. The van der Waals surface area contributed by atoms with Crippen LogP contribution in [0.25, 0.3) is 22.4 Å². The SMILES string of the molecule is Nc1n[nH]c(-c2cncc(F)c2)c1-c1c(Cl)cccc1Cl. The predicted molar refractivity (Wildman–Crippen MR) is 81.6 cm³/mol. The van der Waals surface area contributed by atoms with Gasteiger partial charge >= 0.3 is 0 Å². The molecule has 4 nitrogen and oxygen atoms in total. The first-order valence-corrected chi connectivity index (χ1v) is 6.72. The van der Waals surface area contributed by atoms with Gasteiger partial charge in [0.1, 0.15) is 5.82 Å². The number of hydrogen-bond acceptors (Lipinski definition) is 3. The summed E-state index contributed by atoms with van der Waals surface area (Å²) in [5.41, 5.74) is 8.00. The minimum atomic E-state index is -0.461. The molecule has 0 aliphatic rings. The van der Waals surface area contributed by atoms with Crippen molar-refractivity contribution in [2.24, 2.45) is 0 Å². The van der Waals surface area contributed by atoms with E-state index in [1.807, 2.05) is 0 Å². The van der Waals surface area contributed by atoms with E-state index in [1.54, 1.807) is 18.2 Å². The van der Waals surface area contributed by atoms with E-state index in [9.17, 15) is 4.39 Å². The molecule has 0 saturated heterocycles. The summed E-state index contributed by atoms with van der Waals surface area (Å²) in [6, 6.07) is 6.45. The third kappa shape index (κ3) is 2.46. The molecule has 2 heterocycles. The van der Waals surface area contributed by atoms with Crippen molar-refractivity contribution in [3.8, 4) is 22.4 Å². The quantitative estimate of drug-likeness (QED) is 0.744. The second kappa shape index (κ2) is 5.35. The number of nitrogens with zero attached hydrogens (tertiary/aromatic N) is 2. The maximum absolute atomic E-state index is 13.4. The molecule has 2 aromatic heterocycles. The average Bonchev–Trinajstić information content (AvgIpc) is 2.81. The summed E-state index contributed by atoms with van der Waals surface area (Å²) in [5.74, 6) is -0.235. The second-order valence-corrected chi connectivity index (χ2v) is 5.16. The molecular formula is C14H9Cl2FN4. The Bertz CT molecular complexity index is 796. The number of halogens is 3. The Kier molecular flexibility index (Phi) is 3.53. The monoisotopic (exact) mass is 322 g/mol. The normalized spacial score (nSPS) is 10.8. The van der Waals surface area contributed by atoms with Crippen molar-refractivity contribution < 1.29 is 4.39 Å². The molecule has 0 radical (unpaired) electrons. The number of nitrogen functional groups attached to an aromatic ring is 1. The molecule has 0 amide bonds. The standard InChI is InChI=1S/C14H9Cl2FN4/c15-9-2-1-3-10(16)11(9)12-13(20-21-14(12)18)7-4-8(17)6-19-5-7/h1-6H,(H3,18,20,21). The molecule has 0 aliphatic heterocycles. The van der Waals surface area contributed by atoms with Crippen LogP contribution in [0.4, 0.5) is 10.2 Å². The largest absolute Gasteiger partial charge is 0.382 e. The summed E-state index contributed by atoms with van der Waals surface area (Å²) >= 11 is 12.4. The fraction of sp³-hybridized carbons (Fsp3) is 0. The lowest BCUT2D eigenvalue weighted by Gasteiger charge is -2.08. The highest BCUT2D eigenvalue weighted by atomic mass is 35.5. The van der Waals surface area contributed by atoms with E-state index in [0.717, 1.165) is 6.20 Å². The van der Waals surface area contributed by atoms with Gasteiger partial charge in [-0.3, -0.25) is 10.1 Å². The molecule has 0 saturated carbocycles. The maximum Gasteiger partial charge on any atom is 0.153 e. The van der Waals surface area contributed by atoms with Crippen LogP contribution in [0.15, 0.2) is 36.7 Å². The van der Waals surface area contributed by atoms with Crippen molar-refractivity contribution in [1.82, 2.24) is 15.2 Å². The molecule has 0 bridgehead atoms. The number of H-pyrrole nitrogens is 1. The number of anilines is 1. The van der Waals surface area contributed by atoms with Crippen LogP contribution in [0.3, 0.4) is 0 Å². The van der Waals surface area contributed by atoms with Crippen LogP contribution in [-0.4, -0.2) is 15.2 Å².